The van der Waals surface area contributed by atoms with Gasteiger partial charge in [0.15, 0.2) is 12.4 Å². The van der Waals surface area contributed by atoms with E-state index in [1.165, 1.54) is 0 Å². The van der Waals surface area contributed by atoms with Crippen molar-refractivity contribution < 1.29 is 24.5 Å². The molecule has 0 aliphatic carbocycles. The third-order valence-corrected chi connectivity index (χ3v) is 2.63. The van der Waals surface area contributed by atoms with Crippen LogP contribution < -0.4 is 0 Å². The van der Waals surface area contributed by atoms with E-state index in [2.05, 4.69) is 0 Å². The Kier molecular flexibility index (Phi) is 3.93. The van der Waals surface area contributed by atoms with Crippen LogP contribution in [-0.4, -0.2) is 40.3 Å². The molecule has 0 spiro atoms. The van der Waals surface area contributed by atoms with E-state index in [4.69, 9.17) is 9.47 Å². The molecular weight excluding hydrogens is 212 g/mol. The molecule has 0 radical (unpaired) electrons. The summed E-state index contributed by atoms with van der Waals surface area (Å²) < 4.78 is 10.5. The van der Waals surface area contributed by atoms with E-state index in [1.54, 1.807) is 27.7 Å². The summed E-state index contributed by atoms with van der Waals surface area (Å²) in [6, 6.07) is 0. The second-order valence-corrected chi connectivity index (χ2v) is 4.99. The number of aliphatic hydroxyl groups excluding tert-OH is 2. The van der Waals surface area contributed by atoms with Gasteiger partial charge < -0.3 is 19.7 Å². The van der Waals surface area contributed by atoms with Gasteiger partial charge in [-0.15, -0.1) is 0 Å². The molecule has 2 N–H and O–H groups in total. The van der Waals surface area contributed by atoms with Crippen LogP contribution in [-0.2, 0) is 14.3 Å². The van der Waals surface area contributed by atoms with Crippen LogP contribution in [0.2, 0.25) is 0 Å². The zero-order valence-electron chi connectivity index (χ0n) is 10.1. The summed E-state index contributed by atoms with van der Waals surface area (Å²) in [5.74, 6) is -0.632. The van der Waals surface area contributed by atoms with Crippen LogP contribution >= 0.6 is 0 Å². The molecule has 0 bridgehead atoms. The number of aliphatic hydroxyl groups is 2. The molecule has 0 saturated carbocycles. The summed E-state index contributed by atoms with van der Waals surface area (Å²) in [4.78, 5) is 11.5. The van der Waals surface area contributed by atoms with Crippen molar-refractivity contribution in [3.05, 3.63) is 0 Å². The first kappa shape index (κ1) is 13.4. The van der Waals surface area contributed by atoms with Crippen molar-refractivity contribution in [1.82, 2.24) is 0 Å². The Morgan fingerprint density at radius 3 is 2.44 bits per heavy atom. The van der Waals surface area contributed by atoms with Crippen molar-refractivity contribution in [3.8, 4) is 0 Å². The molecule has 5 heteroatoms. The molecule has 0 aromatic heterocycles. The first-order valence-electron chi connectivity index (χ1n) is 5.48. The summed E-state index contributed by atoms with van der Waals surface area (Å²) in [6.07, 6.45) is -2.61. The minimum Gasteiger partial charge on any atom is -0.456 e. The second-order valence-electron chi connectivity index (χ2n) is 4.99. The van der Waals surface area contributed by atoms with Gasteiger partial charge in [0.25, 0.3) is 0 Å². The standard InChI is InChI=1S/C11H20O5/c1-6(2)10(14)15-9-7(12)5-8(13)16-11(9,3)4/h6-9,12-13H,5H2,1-4H3/t7-,8-,9+/m1/s1. The molecule has 3 atom stereocenters. The molecular formula is C11H20O5. The molecule has 94 valence electrons. The molecule has 0 amide bonds. The number of carbonyl (C=O) groups excluding carboxylic acids is 1. The number of hydrogen-bond donors (Lipinski definition) is 2. The Labute approximate surface area is 95.4 Å². The van der Waals surface area contributed by atoms with Crippen LogP contribution in [0.4, 0.5) is 0 Å². The average molecular weight is 232 g/mol. The first-order valence-corrected chi connectivity index (χ1v) is 5.48. The summed E-state index contributed by atoms with van der Waals surface area (Å²) in [6.45, 7) is 6.80. The van der Waals surface area contributed by atoms with Gasteiger partial charge in [-0.2, -0.15) is 0 Å². The Bertz CT molecular complexity index is 261. The van der Waals surface area contributed by atoms with Gasteiger partial charge in [-0.25, -0.2) is 0 Å². The Morgan fingerprint density at radius 1 is 1.44 bits per heavy atom. The predicted molar refractivity (Wildman–Crippen MR) is 56.5 cm³/mol. The molecule has 0 unspecified atom stereocenters. The highest BCUT2D eigenvalue weighted by atomic mass is 16.6. The lowest BCUT2D eigenvalue weighted by Gasteiger charge is -2.42. The highest BCUT2D eigenvalue weighted by molar-refractivity contribution is 5.71. The summed E-state index contributed by atoms with van der Waals surface area (Å²) in [5.41, 5.74) is -0.887. The minimum atomic E-state index is -1.01. The third kappa shape index (κ3) is 2.93. The largest absolute Gasteiger partial charge is 0.456 e. The quantitative estimate of drug-likeness (QED) is 0.675. The monoisotopic (exact) mass is 232 g/mol. The second kappa shape index (κ2) is 4.69. The summed E-state index contributed by atoms with van der Waals surface area (Å²) in [7, 11) is 0. The molecule has 16 heavy (non-hydrogen) atoms. The van der Waals surface area contributed by atoms with Crippen LogP contribution in [0.15, 0.2) is 0 Å². The number of rotatable bonds is 2. The fraction of sp³-hybridized carbons (Fsp3) is 0.909. The first-order chi connectivity index (χ1) is 7.24. The molecule has 1 rings (SSSR count). The lowest BCUT2D eigenvalue weighted by Crippen LogP contribution is -2.56. The van der Waals surface area contributed by atoms with Gasteiger partial charge in [0.1, 0.15) is 5.60 Å². The van der Waals surface area contributed by atoms with Gasteiger partial charge in [0.2, 0.25) is 0 Å². The minimum absolute atomic E-state index is 0.0550. The van der Waals surface area contributed by atoms with Gasteiger partial charge in [0, 0.05) is 6.42 Å². The maximum atomic E-state index is 11.5. The lowest BCUT2D eigenvalue weighted by atomic mass is 9.91. The van der Waals surface area contributed by atoms with Gasteiger partial charge in [-0.1, -0.05) is 13.8 Å². The van der Waals surface area contributed by atoms with Crippen molar-refractivity contribution >= 4 is 5.97 Å². The zero-order valence-corrected chi connectivity index (χ0v) is 10.1. The van der Waals surface area contributed by atoms with Crippen molar-refractivity contribution in [2.24, 2.45) is 5.92 Å². The van der Waals surface area contributed by atoms with Crippen molar-refractivity contribution in [2.45, 2.75) is 58.2 Å². The Hall–Kier alpha value is -0.650. The molecule has 1 aliphatic rings. The van der Waals surface area contributed by atoms with E-state index >= 15 is 0 Å². The van der Waals surface area contributed by atoms with Gasteiger partial charge in [-0.3, -0.25) is 4.79 Å². The van der Waals surface area contributed by atoms with E-state index in [-0.39, 0.29) is 18.3 Å². The lowest BCUT2D eigenvalue weighted by molar-refractivity contribution is -0.274. The van der Waals surface area contributed by atoms with E-state index in [0.29, 0.717) is 0 Å². The number of carbonyl (C=O) groups is 1. The molecule has 0 aromatic rings. The van der Waals surface area contributed by atoms with Crippen molar-refractivity contribution in [2.75, 3.05) is 0 Å². The van der Waals surface area contributed by atoms with Crippen LogP contribution in [0.25, 0.3) is 0 Å². The number of hydrogen-bond acceptors (Lipinski definition) is 5. The Balaban J connectivity index is 2.73. The maximum absolute atomic E-state index is 11.5. The van der Waals surface area contributed by atoms with Crippen molar-refractivity contribution in [3.63, 3.8) is 0 Å². The topological polar surface area (TPSA) is 76.0 Å². The van der Waals surface area contributed by atoms with Gasteiger partial charge in [-0.05, 0) is 13.8 Å². The van der Waals surface area contributed by atoms with Gasteiger partial charge in [0.05, 0.1) is 12.0 Å². The molecule has 1 fully saturated rings. The SMILES string of the molecule is CC(C)C(=O)O[C@H]1[C@H](O)C[C@H](O)OC1(C)C. The van der Waals surface area contributed by atoms with E-state index in [1.807, 2.05) is 0 Å². The smallest absolute Gasteiger partial charge is 0.308 e. The Morgan fingerprint density at radius 2 is 2.00 bits per heavy atom. The zero-order chi connectivity index (χ0) is 12.5. The average Bonchev–Trinajstić information content (AvgIpc) is 2.09. The van der Waals surface area contributed by atoms with E-state index in [0.717, 1.165) is 0 Å². The highest BCUT2D eigenvalue weighted by Gasteiger charge is 2.45. The van der Waals surface area contributed by atoms with Gasteiger partial charge >= 0.3 is 5.97 Å². The molecule has 1 saturated heterocycles. The summed E-state index contributed by atoms with van der Waals surface area (Å²) in [5, 5.41) is 19.1. The van der Waals surface area contributed by atoms with E-state index in [9.17, 15) is 15.0 Å². The maximum Gasteiger partial charge on any atom is 0.308 e. The molecule has 1 aliphatic heterocycles. The summed E-state index contributed by atoms with van der Waals surface area (Å²) >= 11 is 0. The number of esters is 1. The normalized spacial score (nSPS) is 33.8. The van der Waals surface area contributed by atoms with Crippen LogP contribution in [0.5, 0.6) is 0 Å². The fourth-order valence-corrected chi connectivity index (χ4v) is 1.74. The third-order valence-electron chi connectivity index (χ3n) is 2.63. The van der Waals surface area contributed by atoms with Crippen LogP contribution in [0, 0.1) is 5.92 Å². The molecule has 1 heterocycles. The predicted octanol–water partition coefficient (Wildman–Crippen LogP) is 0.432. The van der Waals surface area contributed by atoms with Crippen molar-refractivity contribution in [1.29, 1.82) is 0 Å². The fourth-order valence-electron chi connectivity index (χ4n) is 1.74. The van der Waals surface area contributed by atoms with E-state index < -0.39 is 24.1 Å². The highest BCUT2D eigenvalue weighted by Crippen LogP contribution is 2.30. The van der Waals surface area contributed by atoms with Crippen LogP contribution in [0.1, 0.15) is 34.1 Å². The van der Waals surface area contributed by atoms with Crippen LogP contribution in [0.3, 0.4) is 0 Å². The number of ether oxygens (including phenoxy) is 2. The molecule has 5 nitrogen and oxygen atoms in total. The molecule has 0 aromatic carbocycles.